The van der Waals surface area contributed by atoms with Gasteiger partial charge >= 0.3 is 0 Å². The summed E-state index contributed by atoms with van der Waals surface area (Å²) < 4.78 is 10.5. The van der Waals surface area contributed by atoms with Crippen molar-refractivity contribution < 1.29 is 14.3 Å². The van der Waals surface area contributed by atoms with E-state index in [-0.39, 0.29) is 24.9 Å². The highest BCUT2D eigenvalue weighted by Crippen LogP contribution is 2.25. The molecule has 0 aliphatic heterocycles. The molecule has 0 bridgehead atoms. The molecule has 2 rings (SSSR count). The van der Waals surface area contributed by atoms with Crippen molar-refractivity contribution in [3.63, 3.8) is 0 Å². The molecule has 0 radical (unpaired) electrons. The van der Waals surface area contributed by atoms with Gasteiger partial charge in [-0.15, -0.1) is 12.4 Å². The molecule has 24 heavy (non-hydrogen) atoms. The Morgan fingerprint density at radius 2 is 1.79 bits per heavy atom. The third-order valence-electron chi connectivity index (χ3n) is 3.55. The maximum Gasteiger partial charge on any atom is 0.241 e. The van der Waals surface area contributed by atoms with Crippen LogP contribution in [0.5, 0.6) is 11.5 Å². The van der Waals surface area contributed by atoms with Crippen LogP contribution in [0.15, 0.2) is 48.5 Å². The van der Waals surface area contributed by atoms with E-state index in [1.807, 2.05) is 48.5 Å². The molecule has 2 aromatic rings. The van der Waals surface area contributed by atoms with Crippen LogP contribution in [-0.4, -0.2) is 38.6 Å². The van der Waals surface area contributed by atoms with Gasteiger partial charge in [-0.1, -0.05) is 18.2 Å². The Kier molecular flexibility index (Phi) is 7.92. The van der Waals surface area contributed by atoms with Crippen LogP contribution in [0.25, 0.3) is 0 Å². The minimum Gasteiger partial charge on any atom is -0.497 e. The number of likely N-dealkylation sites (N-methyl/N-ethyl adjacent to an activating group) is 1. The number of hydrogen-bond acceptors (Lipinski definition) is 4. The molecule has 0 unspecified atom stereocenters. The predicted molar refractivity (Wildman–Crippen MR) is 98.2 cm³/mol. The van der Waals surface area contributed by atoms with Gasteiger partial charge in [0.1, 0.15) is 11.5 Å². The molecule has 0 atom stereocenters. The van der Waals surface area contributed by atoms with Crippen molar-refractivity contribution in [1.82, 2.24) is 4.90 Å². The van der Waals surface area contributed by atoms with Gasteiger partial charge in [0.2, 0.25) is 5.91 Å². The quantitative estimate of drug-likeness (QED) is 0.833. The van der Waals surface area contributed by atoms with E-state index in [4.69, 9.17) is 9.47 Å². The van der Waals surface area contributed by atoms with Crippen molar-refractivity contribution in [1.29, 1.82) is 0 Å². The smallest absolute Gasteiger partial charge is 0.241 e. The van der Waals surface area contributed by atoms with Gasteiger partial charge in [-0.25, -0.2) is 0 Å². The first-order valence-corrected chi connectivity index (χ1v) is 7.38. The number of anilines is 1. The third kappa shape index (κ3) is 5.35. The molecule has 0 aliphatic rings. The zero-order valence-corrected chi connectivity index (χ0v) is 14.9. The second-order valence-corrected chi connectivity index (χ2v) is 5.15. The highest BCUT2D eigenvalue weighted by atomic mass is 35.5. The molecular weight excluding hydrogens is 328 g/mol. The van der Waals surface area contributed by atoms with Crippen LogP contribution in [-0.2, 0) is 11.3 Å². The van der Waals surface area contributed by atoms with Crippen LogP contribution in [0.1, 0.15) is 5.56 Å². The molecule has 1 N–H and O–H groups in total. The highest BCUT2D eigenvalue weighted by Gasteiger charge is 2.12. The standard InChI is InChI=1S/C18H22N2O3.ClH/c1-20(18(21)12-19-15-7-5-4-6-8-15)13-14-9-10-16(22-2)11-17(14)23-3;/h4-11,19H,12-13H2,1-3H3;1H. The molecule has 0 fully saturated rings. The molecule has 0 aliphatic carbocycles. The molecule has 6 heteroatoms. The molecule has 0 spiro atoms. The van der Waals surface area contributed by atoms with Crippen molar-refractivity contribution >= 4 is 24.0 Å². The first kappa shape index (κ1) is 19.6. The Labute approximate surface area is 149 Å². The number of para-hydroxylation sites is 1. The lowest BCUT2D eigenvalue weighted by atomic mass is 10.1. The van der Waals surface area contributed by atoms with E-state index >= 15 is 0 Å². The predicted octanol–water partition coefficient (Wildman–Crippen LogP) is 3.20. The van der Waals surface area contributed by atoms with Crippen LogP contribution in [0, 0.1) is 0 Å². The van der Waals surface area contributed by atoms with E-state index in [1.54, 1.807) is 26.2 Å². The first-order chi connectivity index (χ1) is 11.1. The van der Waals surface area contributed by atoms with Gasteiger partial charge in [-0.05, 0) is 24.3 Å². The molecule has 0 saturated carbocycles. The van der Waals surface area contributed by atoms with E-state index in [9.17, 15) is 4.79 Å². The molecule has 2 aromatic carbocycles. The number of rotatable bonds is 7. The molecule has 1 amide bonds. The fraction of sp³-hybridized carbons (Fsp3) is 0.278. The van der Waals surface area contributed by atoms with E-state index in [0.717, 1.165) is 17.0 Å². The van der Waals surface area contributed by atoms with E-state index in [1.165, 1.54) is 0 Å². The maximum absolute atomic E-state index is 12.2. The monoisotopic (exact) mass is 350 g/mol. The second kappa shape index (κ2) is 9.67. The number of methoxy groups -OCH3 is 2. The number of nitrogens with zero attached hydrogens (tertiary/aromatic N) is 1. The van der Waals surface area contributed by atoms with Crippen LogP contribution in [0.3, 0.4) is 0 Å². The van der Waals surface area contributed by atoms with E-state index in [0.29, 0.717) is 12.3 Å². The number of halogens is 1. The average Bonchev–Trinajstić information content (AvgIpc) is 2.60. The lowest BCUT2D eigenvalue weighted by Gasteiger charge is -2.20. The Morgan fingerprint density at radius 1 is 1.08 bits per heavy atom. The van der Waals surface area contributed by atoms with E-state index < -0.39 is 0 Å². The Morgan fingerprint density at radius 3 is 2.42 bits per heavy atom. The summed E-state index contributed by atoms with van der Waals surface area (Å²) in [6, 6.07) is 15.2. The van der Waals surface area contributed by atoms with Crippen molar-refractivity contribution in [2.45, 2.75) is 6.54 Å². The molecular formula is C18H23ClN2O3. The van der Waals surface area contributed by atoms with Gasteiger partial charge in [0.15, 0.2) is 0 Å². The number of carbonyl (C=O) groups is 1. The van der Waals surface area contributed by atoms with Gasteiger partial charge in [-0.2, -0.15) is 0 Å². The zero-order valence-electron chi connectivity index (χ0n) is 14.1. The van der Waals surface area contributed by atoms with Crippen LogP contribution in [0.2, 0.25) is 0 Å². The number of hydrogen-bond donors (Lipinski definition) is 1. The minimum atomic E-state index is 0. The topological polar surface area (TPSA) is 50.8 Å². The maximum atomic E-state index is 12.2. The summed E-state index contributed by atoms with van der Waals surface area (Å²) in [5.74, 6) is 1.44. The third-order valence-corrected chi connectivity index (χ3v) is 3.55. The largest absolute Gasteiger partial charge is 0.497 e. The van der Waals surface area contributed by atoms with E-state index in [2.05, 4.69) is 5.32 Å². The Hall–Kier alpha value is -2.40. The highest BCUT2D eigenvalue weighted by molar-refractivity contribution is 5.85. The lowest BCUT2D eigenvalue weighted by Crippen LogP contribution is -2.31. The molecule has 5 nitrogen and oxygen atoms in total. The SMILES string of the molecule is COc1ccc(CN(C)C(=O)CNc2ccccc2)c(OC)c1.Cl. The minimum absolute atomic E-state index is 0. The summed E-state index contributed by atoms with van der Waals surface area (Å²) in [6.45, 7) is 0.724. The van der Waals surface area contributed by atoms with Crippen LogP contribution >= 0.6 is 12.4 Å². The number of nitrogens with one attached hydrogen (secondary N) is 1. The summed E-state index contributed by atoms with van der Waals surface area (Å²) in [5, 5.41) is 3.12. The summed E-state index contributed by atoms with van der Waals surface area (Å²) >= 11 is 0. The number of benzene rings is 2. The van der Waals surface area contributed by atoms with Gasteiger partial charge < -0.3 is 19.7 Å². The first-order valence-electron chi connectivity index (χ1n) is 7.38. The fourth-order valence-electron chi connectivity index (χ4n) is 2.19. The molecule has 0 heterocycles. The lowest BCUT2D eigenvalue weighted by molar-refractivity contribution is -0.128. The molecule has 0 aromatic heterocycles. The zero-order chi connectivity index (χ0) is 16.7. The van der Waals surface area contributed by atoms with Gasteiger partial charge in [0.05, 0.1) is 20.8 Å². The van der Waals surface area contributed by atoms with Crippen LogP contribution < -0.4 is 14.8 Å². The fourth-order valence-corrected chi connectivity index (χ4v) is 2.19. The van der Waals surface area contributed by atoms with Gasteiger partial charge in [-0.3, -0.25) is 4.79 Å². The summed E-state index contributed by atoms with van der Waals surface area (Å²) in [5.41, 5.74) is 1.86. The molecule has 130 valence electrons. The summed E-state index contributed by atoms with van der Waals surface area (Å²) in [7, 11) is 5.00. The number of carbonyl (C=O) groups excluding carboxylic acids is 1. The summed E-state index contributed by atoms with van der Waals surface area (Å²) in [4.78, 5) is 13.9. The number of ether oxygens (including phenoxy) is 2. The molecule has 0 saturated heterocycles. The van der Waals surface area contributed by atoms with Crippen LogP contribution in [0.4, 0.5) is 5.69 Å². The van der Waals surface area contributed by atoms with Crippen molar-refractivity contribution in [2.75, 3.05) is 33.1 Å². The normalized spacial score (nSPS) is 9.62. The Balaban J connectivity index is 0.00000288. The van der Waals surface area contributed by atoms with Gasteiger partial charge in [0, 0.05) is 30.9 Å². The average molecular weight is 351 g/mol. The van der Waals surface area contributed by atoms with Crippen molar-refractivity contribution in [3.8, 4) is 11.5 Å². The van der Waals surface area contributed by atoms with Crippen molar-refractivity contribution in [2.24, 2.45) is 0 Å². The Bertz CT molecular complexity index is 650. The summed E-state index contributed by atoms with van der Waals surface area (Å²) in [6.07, 6.45) is 0. The van der Waals surface area contributed by atoms with Crippen molar-refractivity contribution in [3.05, 3.63) is 54.1 Å². The second-order valence-electron chi connectivity index (χ2n) is 5.15. The van der Waals surface area contributed by atoms with Gasteiger partial charge in [0.25, 0.3) is 0 Å². The number of amides is 1.